The SMILES string of the molecule is Cc1ccccc1C=C1NC(=O)N(C)C1=O. The van der Waals surface area contributed by atoms with Gasteiger partial charge in [0.25, 0.3) is 5.91 Å². The Balaban J connectivity index is 2.37. The number of carbonyl (C=O) groups excluding carboxylic acids is 2. The van der Waals surface area contributed by atoms with Crippen LogP contribution in [0, 0.1) is 6.92 Å². The monoisotopic (exact) mass is 216 g/mol. The number of amides is 3. The van der Waals surface area contributed by atoms with E-state index in [-0.39, 0.29) is 11.9 Å². The number of benzene rings is 1. The second-order valence-electron chi connectivity index (χ2n) is 3.71. The fourth-order valence-corrected chi connectivity index (χ4v) is 1.53. The molecule has 2 rings (SSSR count). The smallest absolute Gasteiger partial charge is 0.303 e. The minimum absolute atomic E-state index is 0.298. The summed E-state index contributed by atoms with van der Waals surface area (Å²) >= 11 is 0. The molecule has 0 unspecified atom stereocenters. The van der Waals surface area contributed by atoms with E-state index in [1.165, 1.54) is 7.05 Å². The molecule has 4 heteroatoms. The second-order valence-corrected chi connectivity index (χ2v) is 3.71. The first kappa shape index (κ1) is 10.4. The van der Waals surface area contributed by atoms with E-state index in [1.54, 1.807) is 6.08 Å². The fourth-order valence-electron chi connectivity index (χ4n) is 1.53. The van der Waals surface area contributed by atoms with E-state index in [0.717, 1.165) is 16.0 Å². The van der Waals surface area contributed by atoms with Crippen molar-refractivity contribution in [1.82, 2.24) is 10.2 Å². The Bertz CT molecular complexity index is 492. The Hall–Kier alpha value is -2.10. The molecule has 1 fully saturated rings. The number of nitrogens with one attached hydrogen (secondary N) is 1. The summed E-state index contributed by atoms with van der Waals surface area (Å²) in [6, 6.07) is 7.30. The van der Waals surface area contributed by atoms with Crippen molar-refractivity contribution < 1.29 is 9.59 Å². The molecule has 3 amide bonds. The number of likely N-dealkylation sites (N-methyl/N-ethyl adjacent to an activating group) is 1. The van der Waals surface area contributed by atoms with Gasteiger partial charge in [0.05, 0.1) is 0 Å². The van der Waals surface area contributed by atoms with Crippen molar-refractivity contribution in [2.75, 3.05) is 7.05 Å². The van der Waals surface area contributed by atoms with Crippen molar-refractivity contribution >= 4 is 18.0 Å². The Labute approximate surface area is 93.6 Å². The van der Waals surface area contributed by atoms with E-state index >= 15 is 0 Å². The molecule has 82 valence electrons. The fraction of sp³-hybridized carbons (Fsp3) is 0.167. The molecule has 1 aromatic carbocycles. The first-order chi connectivity index (χ1) is 7.59. The van der Waals surface area contributed by atoms with Crippen LogP contribution in [0.5, 0.6) is 0 Å². The minimum Gasteiger partial charge on any atom is -0.303 e. The molecule has 0 saturated carbocycles. The molecule has 1 saturated heterocycles. The van der Waals surface area contributed by atoms with Crippen molar-refractivity contribution in [2.24, 2.45) is 0 Å². The van der Waals surface area contributed by atoms with Gasteiger partial charge in [-0.15, -0.1) is 0 Å². The molecule has 1 aliphatic rings. The van der Waals surface area contributed by atoms with Gasteiger partial charge in [0.2, 0.25) is 0 Å². The highest BCUT2D eigenvalue weighted by Crippen LogP contribution is 2.15. The maximum Gasteiger partial charge on any atom is 0.328 e. The number of rotatable bonds is 1. The van der Waals surface area contributed by atoms with Gasteiger partial charge in [0.1, 0.15) is 5.70 Å². The molecule has 0 spiro atoms. The third kappa shape index (κ3) is 1.69. The summed E-state index contributed by atoms with van der Waals surface area (Å²) in [5, 5.41) is 2.53. The standard InChI is InChI=1S/C12H12N2O2/c1-8-5-3-4-6-9(8)7-10-11(15)14(2)12(16)13-10/h3-7H,1-2H3,(H,13,16). The second kappa shape index (κ2) is 3.81. The highest BCUT2D eigenvalue weighted by Gasteiger charge is 2.29. The molecule has 0 radical (unpaired) electrons. The first-order valence-corrected chi connectivity index (χ1v) is 4.96. The summed E-state index contributed by atoms with van der Waals surface area (Å²) in [4.78, 5) is 23.9. The number of urea groups is 1. The maximum atomic E-state index is 11.6. The van der Waals surface area contributed by atoms with Gasteiger partial charge in [-0.05, 0) is 24.1 Å². The van der Waals surface area contributed by atoms with Crippen LogP contribution in [0.15, 0.2) is 30.0 Å². The Morgan fingerprint density at radius 2 is 1.94 bits per heavy atom. The molecule has 0 bridgehead atoms. The van der Waals surface area contributed by atoms with Gasteiger partial charge in [-0.1, -0.05) is 24.3 Å². The molecular weight excluding hydrogens is 204 g/mol. The number of nitrogens with zero attached hydrogens (tertiary/aromatic N) is 1. The van der Waals surface area contributed by atoms with Crippen molar-refractivity contribution in [2.45, 2.75) is 6.92 Å². The van der Waals surface area contributed by atoms with E-state index < -0.39 is 0 Å². The van der Waals surface area contributed by atoms with E-state index in [9.17, 15) is 9.59 Å². The van der Waals surface area contributed by atoms with E-state index in [1.807, 2.05) is 31.2 Å². The number of carbonyl (C=O) groups is 2. The molecule has 4 nitrogen and oxygen atoms in total. The van der Waals surface area contributed by atoms with Gasteiger partial charge in [-0.2, -0.15) is 0 Å². The molecule has 0 aromatic heterocycles. The van der Waals surface area contributed by atoms with Crippen LogP contribution in [-0.4, -0.2) is 23.9 Å². The van der Waals surface area contributed by atoms with Gasteiger partial charge >= 0.3 is 6.03 Å². The van der Waals surface area contributed by atoms with Crippen LogP contribution >= 0.6 is 0 Å². The van der Waals surface area contributed by atoms with Gasteiger partial charge in [-0.25, -0.2) is 4.79 Å². The van der Waals surface area contributed by atoms with Crippen molar-refractivity contribution in [3.05, 3.63) is 41.1 Å². The topological polar surface area (TPSA) is 49.4 Å². The molecule has 16 heavy (non-hydrogen) atoms. The number of imide groups is 1. The van der Waals surface area contributed by atoms with Crippen LogP contribution in [0.3, 0.4) is 0 Å². The van der Waals surface area contributed by atoms with Gasteiger partial charge in [0, 0.05) is 7.05 Å². The highest BCUT2D eigenvalue weighted by atomic mass is 16.2. The maximum absolute atomic E-state index is 11.6. The molecular formula is C12H12N2O2. The number of hydrogen-bond donors (Lipinski definition) is 1. The third-order valence-electron chi connectivity index (χ3n) is 2.57. The molecule has 0 atom stereocenters. The van der Waals surface area contributed by atoms with Crippen molar-refractivity contribution in [1.29, 1.82) is 0 Å². The number of hydrogen-bond acceptors (Lipinski definition) is 2. The zero-order valence-corrected chi connectivity index (χ0v) is 9.15. The predicted molar refractivity (Wildman–Crippen MR) is 60.5 cm³/mol. The summed E-state index contributed by atoms with van der Waals surface area (Å²) in [5.74, 6) is -0.298. The zero-order valence-electron chi connectivity index (χ0n) is 9.15. The van der Waals surface area contributed by atoms with Gasteiger partial charge < -0.3 is 5.32 Å². The van der Waals surface area contributed by atoms with Crippen LogP contribution < -0.4 is 5.32 Å². The quantitative estimate of drug-likeness (QED) is 0.571. The third-order valence-corrected chi connectivity index (χ3v) is 2.57. The van der Waals surface area contributed by atoms with Gasteiger partial charge in [-0.3, -0.25) is 9.69 Å². The normalized spacial score (nSPS) is 18.1. The summed E-state index contributed by atoms with van der Waals surface area (Å²) in [7, 11) is 1.45. The van der Waals surface area contributed by atoms with Crippen LogP contribution in [-0.2, 0) is 4.79 Å². The molecule has 0 aliphatic carbocycles. The van der Waals surface area contributed by atoms with Crippen molar-refractivity contribution in [3.8, 4) is 0 Å². The lowest BCUT2D eigenvalue weighted by atomic mass is 10.1. The average molecular weight is 216 g/mol. The first-order valence-electron chi connectivity index (χ1n) is 4.96. The van der Waals surface area contributed by atoms with E-state index in [4.69, 9.17) is 0 Å². The summed E-state index contributed by atoms with van der Waals surface area (Å²) in [6.45, 7) is 1.96. The Morgan fingerprint density at radius 1 is 1.25 bits per heavy atom. The Morgan fingerprint density at radius 3 is 2.50 bits per heavy atom. The summed E-state index contributed by atoms with van der Waals surface area (Å²) < 4.78 is 0. The molecule has 1 aromatic rings. The Kier molecular flexibility index (Phi) is 2.48. The summed E-state index contributed by atoms with van der Waals surface area (Å²) in [5.41, 5.74) is 2.31. The van der Waals surface area contributed by atoms with Crippen molar-refractivity contribution in [3.63, 3.8) is 0 Å². The van der Waals surface area contributed by atoms with Gasteiger partial charge in [0.15, 0.2) is 0 Å². The molecule has 1 N–H and O–H groups in total. The zero-order chi connectivity index (χ0) is 11.7. The highest BCUT2D eigenvalue weighted by molar-refractivity contribution is 6.13. The lowest BCUT2D eigenvalue weighted by Crippen LogP contribution is -2.25. The van der Waals surface area contributed by atoms with E-state index in [2.05, 4.69) is 5.32 Å². The predicted octanol–water partition coefficient (Wildman–Crippen LogP) is 1.52. The van der Waals surface area contributed by atoms with E-state index in [0.29, 0.717) is 5.70 Å². The largest absolute Gasteiger partial charge is 0.328 e. The molecule has 1 heterocycles. The number of aryl methyl sites for hydroxylation is 1. The van der Waals surface area contributed by atoms with Crippen LogP contribution in [0.2, 0.25) is 0 Å². The minimum atomic E-state index is -0.384. The van der Waals surface area contributed by atoms with Crippen LogP contribution in [0.4, 0.5) is 4.79 Å². The average Bonchev–Trinajstić information content (AvgIpc) is 2.50. The lowest BCUT2D eigenvalue weighted by molar-refractivity contribution is -0.121. The summed E-state index contributed by atoms with van der Waals surface area (Å²) in [6.07, 6.45) is 1.69. The molecule has 1 aliphatic heterocycles. The van der Waals surface area contributed by atoms with Crippen LogP contribution in [0.1, 0.15) is 11.1 Å². The lowest BCUT2D eigenvalue weighted by Gasteiger charge is -2.01. The van der Waals surface area contributed by atoms with Crippen LogP contribution in [0.25, 0.3) is 6.08 Å².